The van der Waals surface area contributed by atoms with Crippen molar-refractivity contribution >= 4 is 44.8 Å². The number of nitro benzene ring substituents is 1. The van der Waals surface area contributed by atoms with E-state index in [0.717, 1.165) is 4.90 Å². The van der Waals surface area contributed by atoms with Crippen LogP contribution in [0.25, 0.3) is 0 Å². The van der Waals surface area contributed by atoms with Crippen molar-refractivity contribution in [2.75, 3.05) is 45.2 Å². The van der Waals surface area contributed by atoms with Gasteiger partial charge in [0.15, 0.2) is 0 Å². The quantitative estimate of drug-likeness (QED) is 0.456. The molecule has 0 aliphatic carbocycles. The number of likely N-dealkylation sites (N-methyl/N-ethyl adjacent to an activating group) is 1. The van der Waals surface area contributed by atoms with Crippen LogP contribution in [-0.2, 0) is 19.6 Å². The molecule has 1 fully saturated rings. The molecule has 0 saturated carbocycles. The Morgan fingerprint density at radius 2 is 1.82 bits per heavy atom. The molecule has 1 aliphatic rings. The fourth-order valence-electron chi connectivity index (χ4n) is 3.14. The van der Waals surface area contributed by atoms with E-state index in [1.54, 1.807) is 0 Å². The average Bonchev–Trinajstić information content (AvgIpc) is 2.80. The highest BCUT2D eigenvalue weighted by Gasteiger charge is 2.29. The van der Waals surface area contributed by atoms with E-state index in [1.807, 2.05) is 0 Å². The summed E-state index contributed by atoms with van der Waals surface area (Å²) in [5.41, 5.74) is 0.228. The molecule has 176 valence electrons. The highest BCUT2D eigenvalue weighted by atomic mass is 35.5. The molecular formula is C20H21ClN4O7S. The van der Waals surface area contributed by atoms with Gasteiger partial charge in [-0.25, -0.2) is 8.42 Å². The minimum atomic E-state index is -3.88. The molecule has 3 rings (SSSR count). The predicted molar refractivity (Wildman–Crippen MR) is 120 cm³/mol. The van der Waals surface area contributed by atoms with E-state index in [-0.39, 0.29) is 59.7 Å². The van der Waals surface area contributed by atoms with Gasteiger partial charge in [0.1, 0.15) is 4.90 Å². The minimum Gasteiger partial charge on any atom is -0.379 e. The Balaban J connectivity index is 1.68. The van der Waals surface area contributed by atoms with E-state index in [0.29, 0.717) is 0 Å². The number of halogens is 1. The molecule has 13 heteroatoms. The van der Waals surface area contributed by atoms with Gasteiger partial charge in [-0.15, -0.1) is 0 Å². The van der Waals surface area contributed by atoms with Crippen LogP contribution in [0.15, 0.2) is 47.4 Å². The van der Waals surface area contributed by atoms with Crippen molar-refractivity contribution in [2.24, 2.45) is 0 Å². The molecular weight excluding hydrogens is 476 g/mol. The van der Waals surface area contributed by atoms with Crippen molar-refractivity contribution < 1.29 is 27.7 Å². The van der Waals surface area contributed by atoms with Crippen LogP contribution in [0.2, 0.25) is 5.02 Å². The number of nitrogens with zero attached hydrogens (tertiary/aromatic N) is 3. The second-order valence-electron chi connectivity index (χ2n) is 7.18. The van der Waals surface area contributed by atoms with Gasteiger partial charge in [-0.05, 0) is 30.3 Å². The summed E-state index contributed by atoms with van der Waals surface area (Å²) < 4.78 is 32.3. The molecule has 1 saturated heterocycles. The van der Waals surface area contributed by atoms with E-state index in [1.165, 1.54) is 53.8 Å². The molecule has 0 bridgehead atoms. The largest absolute Gasteiger partial charge is 0.379 e. The van der Waals surface area contributed by atoms with Crippen molar-refractivity contribution in [2.45, 2.75) is 4.90 Å². The summed E-state index contributed by atoms with van der Waals surface area (Å²) in [4.78, 5) is 36.1. The number of ether oxygens (including phenoxy) is 1. The third-order valence-corrected chi connectivity index (χ3v) is 7.24. The molecule has 1 N–H and O–H groups in total. The molecule has 0 spiro atoms. The first kappa shape index (κ1) is 24.6. The number of rotatable bonds is 7. The van der Waals surface area contributed by atoms with E-state index in [2.05, 4.69) is 5.32 Å². The lowest BCUT2D eigenvalue weighted by Crippen LogP contribution is -2.40. The lowest BCUT2D eigenvalue weighted by molar-refractivity contribution is -0.384. The van der Waals surface area contributed by atoms with Crippen molar-refractivity contribution in [3.63, 3.8) is 0 Å². The second-order valence-corrected chi connectivity index (χ2v) is 9.49. The summed E-state index contributed by atoms with van der Waals surface area (Å²) in [7, 11) is -2.47. The molecule has 2 amide bonds. The zero-order valence-corrected chi connectivity index (χ0v) is 19.1. The van der Waals surface area contributed by atoms with E-state index in [9.17, 15) is 28.1 Å². The molecule has 11 nitrogen and oxygen atoms in total. The van der Waals surface area contributed by atoms with Gasteiger partial charge in [-0.2, -0.15) is 4.31 Å². The Kier molecular flexibility index (Phi) is 7.64. The SMILES string of the molecule is CN(CC(=O)Nc1ccc(Cl)c(S(=O)(=O)N2CCOCC2)c1)C(=O)c1ccc([N+](=O)[O-])cc1. The third kappa shape index (κ3) is 5.85. The van der Waals surface area contributed by atoms with Gasteiger partial charge in [-0.3, -0.25) is 19.7 Å². The van der Waals surface area contributed by atoms with Gasteiger partial charge in [0.05, 0.1) is 29.7 Å². The number of morpholine rings is 1. The van der Waals surface area contributed by atoms with Crippen LogP contribution in [0.1, 0.15) is 10.4 Å². The molecule has 1 aliphatic heterocycles. The number of anilines is 1. The van der Waals surface area contributed by atoms with Crippen LogP contribution in [0.5, 0.6) is 0 Å². The molecule has 1 heterocycles. The monoisotopic (exact) mass is 496 g/mol. The number of carbonyl (C=O) groups excluding carboxylic acids is 2. The standard InChI is InChI=1S/C20H21ClN4O7S/c1-23(20(27)14-2-5-16(6-3-14)25(28)29)13-19(26)22-15-4-7-17(21)18(12-15)33(30,31)24-8-10-32-11-9-24/h2-7,12H,8-11,13H2,1H3,(H,22,26). The summed E-state index contributed by atoms with van der Waals surface area (Å²) in [6, 6.07) is 9.10. The average molecular weight is 497 g/mol. The minimum absolute atomic E-state index is 0.0185. The highest BCUT2D eigenvalue weighted by Crippen LogP contribution is 2.28. The Labute approximate surface area is 195 Å². The van der Waals surface area contributed by atoms with Crippen molar-refractivity contribution in [3.05, 3.63) is 63.2 Å². The molecule has 33 heavy (non-hydrogen) atoms. The Hall–Kier alpha value is -3.06. The first-order valence-corrected chi connectivity index (χ1v) is 11.6. The topological polar surface area (TPSA) is 139 Å². The highest BCUT2D eigenvalue weighted by molar-refractivity contribution is 7.89. The summed E-state index contributed by atoms with van der Waals surface area (Å²) in [6.07, 6.45) is 0. The van der Waals surface area contributed by atoms with Gasteiger partial charge >= 0.3 is 0 Å². The van der Waals surface area contributed by atoms with Gasteiger partial charge < -0.3 is 15.0 Å². The van der Waals surface area contributed by atoms with E-state index in [4.69, 9.17) is 16.3 Å². The fraction of sp³-hybridized carbons (Fsp3) is 0.300. The summed E-state index contributed by atoms with van der Waals surface area (Å²) in [5, 5.41) is 13.3. The predicted octanol–water partition coefficient (Wildman–Crippen LogP) is 1.98. The molecule has 0 radical (unpaired) electrons. The van der Waals surface area contributed by atoms with Crippen LogP contribution < -0.4 is 5.32 Å². The van der Waals surface area contributed by atoms with Crippen molar-refractivity contribution in [3.8, 4) is 0 Å². The van der Waals surface area contributed by atoms with Crippen LogP contribution in [0.3, 0.4) is 0 Å². The maximum absolute atomic E-state index is 12.9. The molecule has 0 unspecified atom stereocenters. The number of nitro groups is 1. The van der Waals surface area contributed by atoms with Crippen molar-refractivity contribution in [1.29, 1.82) is 0 Å². The smallest absolute Gasteiger partial charge is 0.269 e. The number of amides is 2. The third-order valence-electron chi connectivity index (χ3n) is 4.86. The number of benzene rings is 2. The van der Waals surface area contributed by atoms with Crippen LogP contribution in [-0.4, -0.2) is 74.3 Å². The number of nitrogens with one attached hydrogen (secondary N) is 1. The zero-order chi connectivity index (χ0) is 24.2. The normalized spacial score (nSPS) is 14.5. The molecule has 2 aromatic rings. The number of hydrogen-bond acceptors (Lipinski definition) is 7. The maximum atomic E-state index is 12.9. The van der Waals surface area contributed by atoms with Gasteiger partial charge in [0.2, 0.25) is 15.9 Å². The van der Waals surface area contributed by atoms with Crippen LogP contribution in [0, 0.1) is 10.1 Å². The summed E-state index contributed by atoms with van der Waals surface area (Å²) in [5.74, 6) is -1.07. The first-order valence-electron chi connectivity index (χ1n) is 9.77. The first-order chi connectivity index (χ1) is 15.6. The number of sulfonamides is 1. The number of carbonyl (C=O) groups is 2. The second kappa shape index (κ2) is 10.3. The summed E-state index contributed by atoms with van der Waals surface area (Å²) in [6.45, 7) is 0.629. The number of hydrogen-bond donors (Lipinski definition) is 1. The molecule has 0 aromatic heterocycles. The lowest BCUT2D eigenvalue weighted by atomic mass is 10.2. The fourth-order valence-corrected chi connectivity index (χ4v) is 5.05. The van der Waals surface area contributed by atoms with Gasteiger partial charge in [-0.1, -0.05) is 11.6 Å². The Bertz CT molecular complexity index is 1170. The zero-order valence-electron chi connectivity index (χ0n) is 17.6. The van der Waals surface area contributed by atoms with Crippen LogP contribution >= 0.6 is 11.6 Å². The van der Waals surface area contributed by atoms with E-state index < -0.39 is 26.8 Å². The lowest BCUT2D eigenvalue weighted by Gasteiger charge is -2.26. The van der Waals surface area contributed by atoms with E-state index >= 15 is 0 Å². The van der Waals surface area contributed by atoms with Gasteiger partial charge in [0.25, 0.3) is 11.6 Å². The molecule has 0 atom stereocenters. The van der Waals surface area contributed by atoms with Crippen LogP contribution in [0.4, 0.5) is 11.4 Å². The van der Waals surface area contributed by atoms with Crippen molar-refractivity contribution in [1.82, 2.24) is 9.21 Å². The Morgan fingerprint density at radius 1 is 1.18 bits per heavy atom. The molecule has 2 aromatic carbocycles. The summed E-state index contributed by atoms with van der Waals surface area (Å²) >= 11 is 6.12. The maximum Gasteiger partial charge on any atom is 0.269 e. The number of non-ortho nitro benzene ring substituents is 1. The Morgan fingerprint density at radius 3 is 2.42 bits per heavy atom. The van der Waals surface area contributed by atoms with Gasteiger partial charge in [0, 0.05) is 43.5 Å².